The highest BCUT2D eigenvalue weighted by atomic mass is 15.0. The fourth-order valence-corrected chi connectivity index (χ4v) is 2.35. The molecule has 5 nitrogen and oxygen atoms in total. The van der Waals surface area contributed by atoms with E-state index in [9.17, 15) is 0 Å². The van der Waals surface area contributed by atoms with E-state index in [0.717, 1.165) is 28.2 Å². The molecular weight excluding hydrogens is 298 g/mol. The van der Waals surface area contributed by atoms with Crippen LogP contribution in [0.3, 0.4) is 0 Å². The number of pyridine rings is 1. The first-order valence-corrected chi connectivity index (χ1v) is 7.33. The van der Waals surface area contributed by atoms with E-state index >= 15 is 0 Å². The first-order chi connectivity index (χ1) is 11.8. The van der Waals surface area contributed by atoms with Gasteiger partial charge in [-0.25, -0.2) is 9.97 Å². The maximum atomic E-state index is 5.68. The van der Waals surface area contributed by atoms with Crippen LogP contribution in [0.4, 0.5) is 5.82 Å². The molecule has 0 atom stereocenters. The number of anilines is 1. The number of fused-ring (bicyclic) bond motifs is 1. The summed E-state index contributed by atoms with van der Waals surface area (Å²) in [5.74, 6) is 6.66. The van der Waals surface area contributed by atoms with Gasteiger partial charge in [-0.2, -0.15) is 0 Å². The SMILES string of the molecule is Nc1cc(C#Cc2cnc3cnc(-c4cc[c]cc4)cn23)ccn1. The van der Waals surface area contributed by atoms with E-state index in [4.69, 9.17) is 5.73 Å². The van der Waals surface area contributed by atoms with Crippen molar-refractivity contribution in [3.63, 3.8) is 0 Å². The second kappa shape index (κ2) is 5.86. The number of rotatable bonds is 1. The summed E-state index contributed by atoms with van der Waals surface area (Å²) in [4.78, 5) is 12.7. The fourth-order valence-electron chi connectivity index (χ4n) is 2.35. The van der Waals surface area contributed by atoms with Crippen LogP contribution in [0.15, 0.2) is 61.2 Å². The zero-order valence-corrected chi connectivity index (χ0v) is 12.6. The van der Waals surface area contributed by atoms with Crippen LogP contribution < -0.4 is 5.73 Å². The second-order valence-electron chi connectivity index (χ2n) is 5.15. The zero-order valence-electron chi connectivity index (χ0n) is 12.6. The first-order valence-electron chi connectivity index (χ1n) is 7.33. The molecule has 0 fully saturated rings. The van der Waals surface area contributed by atoms with Crippen molar-refractivity contribution in [2.24, 2.45) is 0 Å². The van der Waals surface area contributed by atoms with Gasteiger partial charge in [0.05, 0.1) is 18.1 Å². The normalized spacial score (nSPS) is 10.3. The largest absolute Gasteiger partial charge is 0.384 e. The second-order valence-corrected chi connectivity index (χ2v) is 5.15. The predicted molar refractivity (Wildman–Crippen MR) is 91.9 cm³/mol. The molecule has 1 aromatic carbocycles. The molecule has 0 bridgehead atoms. The molecule has 4 aromatic rings. The maximum Gasteiger partial charge on any atom is 0.156 e. The van der Waals surface area contributed by atoms with Crippen molar-refractivity contribution in [1.82, 2.24) is 19.4 Å². The highest BCUT2D eigenvalue weighted by molar-refractivity contribution is 5.60. The molecule has 5 heteroatoms. The zero-order chi connectivity index (χ0) is 16.4. The molecule has 2 N–H and O–H groups in total. The molecule has 0 aliphatic heterocycles. The molecule has 0 aliphatic carbocycles. The van der Waals surface area contributed by atoms with Crippen molar-refractivity contribution < 1.29 is 0 Å². The van der Waals surface area contributed by atoms with Crippen molar-refractivity contribution in [2.45, 2.75) is 0 Å². The summed E-state index contributed by atoms with van der Waals surface area (Å²) in [7, 11) is 0. The van der Waals surface area contributed by atoms with Crippen LogP contribution in [-0.4, -0.2) is 19.4 Å². The van der Waals surface area contributed by atoms with Crippen LogP contribution in [0.2, 0.25) is 0 Å². The number of nitrogen functional groups attached to an aromatic ring is 1. The lowest BCUT2D eigenvalue weighted by atomic mass is 10.2. The van der Waals surface area contributed by atoms with Gasteiger partial charge in [0.25, 0.3) is 0 Å². The monoisotopic (exact) mass is 310 g/mol. The number of aromatic nitrogens is 4. The summed E-state index contributed by atoms with van der Waals surface area (Å²) < 4.78 is 1.93. The van der Waals surface area contributed by atoms with E-state index in [2.05, 4.69) is 32.9 Å². The van der Waals surface area contributed by atoms with Gasteiger partial charge >= 0.3 is 0 Å². The summed E-state index contributed by atoms with van der Waals surface area (Å²) in [6.07, 6.45) is 7.05. The molecule has 0 saturated carbocycles. The molecule has 0 saturated heterocycles. The third kappa shape index (κ3) is 2.69. The third-order valence-corrected chi connectivity index (χ3v) is 3.53. The van der Waals surface area contributed by atoms with Gasteiger partial charge in [-0.15, -0.1) is 0 Å². The highest BCUT2D eigenvalue weighted by Crippen LogP contribution is 2.17. The Morgan fingerprint density at radius 2 is 1.88 bits per heavy atom. The van der Waals surface area contributed by atoms with E-state index in [1.165, 1.54) is 0 Å². The standard InChI is InChI=1S/C19H12N5/c20-18-10-14(8-9-21-18)6-7-16-11-23-19-12-22-17(13-24(16)19)15-4-2-1-3-5-15/h2-5,8-13H,(H2,20,21). The number of nitrogens with zero attached hydrogens (tertiary/aromatic N) is 4. The van der Waals surface area contributed by atoms with Crippen LogP contribution >= 0.6 is 0 Å². The lowest BCUT2D eigenvalue weighted by Crippen LogP contribution is -1.93. The summed E-state index contributed by atoms with van der Waals surface area (Å²) in [6.45, 7) is 0. The lowest BCUT2D eigenvalue weighted by Gasteiger charge is -2.02. The molecule has 0 spiro atoms. The number of nitrogens with two attached hydrogens (primary N) is 1. The Morgan fingerprint density at radius 3 is 2.71 bits per heavy atom. The van der Waals surface area contributed by atoms with Crippen LogP contribution in [0.1, 0.15) is 11.3 Å². The Bertz CT molecular complexity index is 1070. The van der Waals surface area contributed by atoms with E-state index in [0.29, 0.717) is 5.82 Å². The van der Waals surface area contributed by atoms with Crippen LogP contribution in [0, 0.1) is 17.9 Å². The lowest BCUT2D eigenvalue weighted by molar-refractivity contribution is 1.12. The third-order valence-electron chi connectivity index (χ3n) is 3.53. The van der Waals surface area contributed by atoms with E-state index < -0.39 is 0 Å². The molecule has 0 unspecified atom stereocenters. The van der Waals surface area contributed by atoms with Gasteiger partial charge in [0.1, 0.15) is 11.5 Å². The smallest absolute Gasteiger partial charge is 0.156 e. The minimum absolute atomic E-state index is 0.451. The van der Waals surface area contributed by atoms with Crippen LogP contribution in [-0.2, 0) is 0 Å². The molecule has 0 amide bonds. The van der Waals surface area contributed by atoms with Gasteiger partial charge in [0.2, 0.25) is 0 Å². The van der Waals surface area contributed by atoms with Crippen molar-refractivity contribution in [3.8, 4) is 23.1 Å². The van der Waals surface area contributed by atoms with Gasteiger partial charge in [-0.3, -0.25) is 9.38 Å². The minimum Gasteiger partial charge on any atom is -0.384 e. The number of benzene rings is 1. The topological polar surface area (TPSA) is 69.1 Å². The molecule has 1 radical (unpaired) electrons. The van der Waals surface area contributed by atoms with Crippen LogP contribution in [0.25, 0.3) is 16.9 Å². The molecule has 4 rings (SSSR count). The van der Waals surface area contributed by atoms with Gasteiger partial charge < -0.3 is 5.73 Å². The minimum atomic E-state index is 0.451. The quantitative estimate of drug-likeness (QED) is 0.549. The molecular formula is C19H12N5. The van der Waals surface area contributed by atoms with Crippen molar-refractivity contribution in [1.29, 1.82) is 0 Å². The number of hydrogen-bond acceptors (Lipinski definition) is 4. The Morgan fingerprint density at radius 1 is 1.00 bits per heavy atom. The Balaban J connectivity index is 1.77. The average Bonchev–Trinajstić information content (AvgIpc) is 3.03. The summed E-state index contributed by atoms with van der Waals surface area (Å²) in [6, 6.07) is 14.2. The fraction of sp³-hybridized carbons (Fsp3) is 0. The van der Waals surface area contributed by atoms with Crippen molar-refractivity contribution in [3.05, 3.63) is 78.5 Å². The Hall–Kier alpha value is -3.65. The van der Waals surface area contributed by atoms with Gasteiger partial charge in [0, 0.05) is 23.5 Å². The maximum absolute atomic E-state index is 5.68. The summed E-state index contributed by atoms with van der Waals surface area (Å²) >= 11 is 0. The van der Waals surface area contributed by atoms with Gasteiger partial charge in [-0.1, -0.05) is 30.2 Å². The molecule has 0 aliphatic rings. The molecule has 3 aromatic heterocycles. The number of hydrogen-bond donors (Lipinski definition) is 1. The molecule has 24 heavy (non-hydrogen) atoms. The van der Waals surface area contributed by atoms with E-state index in [-0.39, 0.29) is 0 Å². The number of imidazole rings is 1. The van der Waals surface area contributed by atoms with E-state index in [1.54, 1.807) is 24.7 Å². The van der Waals surface area contributed by atoms with Crippen molar-refractivity contribution >= 4 is 11.5 Å². The molecule has 3 heterocycles. The average molecular weight is 310 g/mol. The summed E-state index contributed by atoms with van der Waals surface area (Å²) in [5, 5.41) is 0. The Kier molecular flexibility index (Phi) is 3.41. The van der Waals surface area contributed by atoms with E-state index in [1.807, 2.05) is 40.9 Å². The predicted octanol–water partition coefficient (Wildman–Crippen LogP) is 2.57. The Labute approximate surface area is 138 Å². The molecule has 113 valence electrons. The van der Waals surface area contributed by atoms with Gasteiger partial charge in [-0.05, 0) is 24.1 Å². The highest BCUT2D eigenvalue weighted by Gasteiger charge is 2.04. The van der Waals surface area contributed by atoms with Crippen molar-refractivity contribution in [2.75, 3.05) is 5.73 Å². The summed E-state index contributed by atoms with van der Waals surface area (Å²) in [5.41, 5.74) is 9.89. The van der Waals surface area contributed by atoms with Crippen LogP contribution in [0.5, 0.6) is 0 Å². The van der Waals surface area contributed by atoms with Gasteiger partial charge in [0.15, 0.2) is 5.65 Å². The first kappa shape index (κ1) is 14.0.